The van der Waals surface area contributed by atoms with E-state index in [2.05, 4.69) is 0 Å². The Labute approximate surface area is 121 Å². The highest BCUT2D eigenvalue weighted by molar-refractivity contribution is 6.05. The predicted molar refractivity (Wildman–Crippen MR) is 76.9 cm³/mol. The van der Waals surface area contributed by atoms with Gasteiger partial charge in [-0.05, 0) is 25.7 Å². The summed E-state index contributed by atoms with van der Waals surface area (Å²) in [6.07, 6.45) is 5.90. The van der Waals surface area contributed by atoms with Gasteiger partial charge in [0.1, 0.15) is 0 Å². The third-order valence-corrected chi connectivity index (χ3v) is 5.31. The molecule has 0 spiro atoms. The molecule has 0 bridgehead atoms. The maximum atomic E-state index is 12.6. The number of hydrogen-bond donors (Lipinski definition) is 1. The molecule has 20 heavy (non-hydrogen) atoms. The summed E-state index contributed by atoms with van der Waals surface area (Å²) < 4.78 is 0. The molecule has 1 saturated carbocycles. The van der Waals surface area contributed by atoms with Crippen molar-refractivity contribution in [2.24, 2.45) is 11.3 Å². The van der Waals surface area contributed by atoms with E-state index in [9.17, 15) is 14.7 Å². The minimum atomic E-state index is -0.871. The Balaban J connectivity index is 2.13. The second-order valence-corrected chi connectivity index (χ2v) is 7.17. The first-order valence-corrected chi connectivity index (χ1v) is 7.86. The molecule has 1 atom stereocenters. The fourth-order valence-electron chi connectivity index (χ4n) is 3.36. The van der Waals surface area contributed by atoms with Gasteiger partial charge in [-0.3, -0.25) is 14.5 Å². The van der Waals surface area contributed by atoms with Crippen LogP contribution in [0.3, 0.4) is 0 Å². The quantitative estimate of drug-likeness (QED) is 0.638. The summed E-state index contributed by atoms with van der Waals surface area (Å²) in [4.78, 5) is 26.1. The van der Waals surface area contributed by atoms with E-state index < -0.39 is 11.0 Å². The lowest BCUT2D eigenvalue weighted by atomic mass is 9.78. The molecule has 2 rings (SSSR count). The average Bonchev–Trinajstić information content (AvgIpc) is 2.56. The molecular formula is C16H27NO3. The number of carbonyl (C=O) groups is 2. The van der Waals surface area contributed by atoms with Crippen molar-refractivity contribution >= 4 is 11.8 Å². The van der Waals surface area contributed by atoms with E-state index in [0.717, 1.165) is 25.7 Å². The molecule has 114 valence electrons. The lowest BCUT2D eigenvalue weighted by molar-refractivity contribution is -0.146. The minimum Gasteiger partial charge on any atom is -0.388 e. The van der Waals surface area contributed by atoms with Crippen LogP contribution >= 0.6 is 0 Å². The summed E-state index contributed by atoms with van der Waals surface area (Å²) in [5.74, 6) is -0.0910. The Morgan fingerprint density at radius 1 is 1.15 bits per heavy atom. The van der Waals surface area contributed by atoms with Crippen molar-refractivity contribution in [1.82, 2.24) is 4.90 Å². The van der Waals surface area contributed by atoms with Gasteiger partial charge in [0, 0.05) is 6.42 Å². The third kappa shape index (κ3) is 2.76. The van der Waals surface area contributed by atoms with Gasteiger partial charge in [-0.2, -0.15) is 0 Å². The zero-order valence-electron chi connectivity index (χ0n) is 12.9. The SMILES string of the molecule is CC(C)C1(C)CC(=O)N(CC2(O)CCCCCC2)C1=O. The Bertz CT molecular complexity index is 397. The van der Waals surface area contributed by atoms with Crippen molar-refractivity contribution in [1.29, 1.82) is 0 Å². The van der Waals surface area contributed by atoms with Gasteiger partial charge in [-0.25, -0.2) is 0 Å². The summed E-state index contributed by atoms with van der Waals surface area (Å²) in [5.41, 5.74) is -1.47. The van der Waals surface area contributed by atoms with E-state index >= 15 is 0 Å². The molecule has 1 aliphatic carbocycles. The lowest BCUT2D eigenvalue weighted by Crippen LogP contribution is -2.47. The minimum absolute atomic E-state index is 0.102. The number of rotatable bonds is 3. The Morgan fingerprint density at radius 3 is 2.15 bits per heavy atom. The van der Waals surface area contributed by atoms with Gasteiger partial charge < -0.3 is 5.11 Å². The second-order valence-electron chi connectivity index (χ2n) is 7.17. The zero-order chi connectivity index (χ0) is 15.0. The summed E-state index contributed by atoms with van der Waals surface area (Å²) in [7, 11) is 0. The number of carbonyl (C=O) groups excluding carboxylic acids is 2. The Morgan fingerprint density at radius 2 is 1.70 bits per heavy atom. The first-order chi connectivity index (χ1) is 9.28. The number of likely N-dealkylation sites (tertiary alicyclic amines) is 1. The Hall–Kier alpha value is -0.900. The summed E-state index contributed by atoms with van der Waals surface area (Å²) in [5, 5.41) is 10.7. The van der Waals surface area contributed by atoms with Crippen molar-refractivity contribution in [3.63, 3.8) is 0 Å². The van der Waals surface area contributed by atoms with Gasteiger partial charge in [0.15, 0.2) is 0 Å². The van der Waals surface area contributed by atoms with Crippen molar-refractivity contribution < 1.29 is 14.7 Å². The van der Waals surface area contributed by atoms with Crippen LogP contribution in [0, 0.1) is 11.3 Å². The van der Waals surface area contributed by atoms with Crippen LogP contribution in [0.4, 0.5) is 0 Å². The van der Waals surface area contributed by atoms with Crippen LogP contribution in [0.25, 0.3) is 0 Å². The van der Waals surface area contributed by atoms with Crippen LogP contribution in [0.2, 0.25) is 0 Å². The predicted octanol–water partition coefficient (Wildman–Crippen LogP) is 2.49. The first-order valence-electron chi connectivity index (χ1n) is 7.86. The smallest absolute Gasteiger partial charge is 0.235 e. The normalized spacial score (nSPS) is 30.9. The van der Waals surface area contributed by atoms with E-state index in [4.69, 9.17) is 0 Å². The molecular weight excluding hydrogens is 254 g/mol. The molecule has 1 saturated heterocycles. The average molecular weight is 281 g/mol. The largest absolute Gasteiger partial charge is 0.388 e. The number of hydrogen-bond acceptors (Lipinski definition) is 3. The standard InChI is InChI=1S/C16H27NO3/c1-12(2)15(3)10-13(18)17(14(15)19)11-16(20)8-6-4-5-7-9-16/h12,20H,4-11H2,1-3H3. The number of aliphatic hydroxyl groups is 1. The molecule has 1 heterocycles. The molecule has 4 nitrogen and oxygen atoms in total. The number of amides is 2. The molecule has 1 unspecified atom stereocenters. The van der Waals surface area contributed by atoms with Gasteiger partial charge >= 0.3 is 0 Å². The van der Waals surface area contributed by atoms with Gasteiger partial charge in [0.25, 0.3) is 0 Å². The van der Waals surface area contributed by atoms with Crippen LogP contribution < -0.4 is 0 Å². The van der Waals surface area contributed by atoms with Crippen LogP contribution in [0.1, 0.15) is 65.7 Å². The zero-order valence-corrected chi connectivity index (χ0v) is 12.9. The molecule has 1 aliphatic heterocycles. The van der Waals surface area contributed by atoms with Crippen molar-refractivity contribution in [3.05, 3.63) is 0 Å². The molecule has 4 heteroatoms. The van der Waals surface area contributed by atoms with Crippen LogP contribution in [0.15, 0.2) is 0 Å². The van der Waals surface area contributed by atoms with Crippen molar-refractivity contribution in [2.45, 2.75) is 71.3 Å². The summed E-state index contributed by atoms with van der Waals surface area (Å²) >= 11 is 0. The third-order valence-electron chi connectivity index (χ3n) is 5.31. The van der Waals surface area contributed by atoms with E-state index in [-0.39, 0.29) is 30.7 Å². The Kier molecular flexibility index (Phi) is 4.24. The molecule has 0 aromatic heterocycles. The van der Waals surface area contributed by atoms with Crippen molar-refractivity contribution in [2.75, 3.05) is 6.54 Å². The topological polar surface area (TPSA) is 57.6 Å². The van der Waals surface area contributed by atoms with Gasteiger partial charge in [-0.15, -0.1) is 0 Å². The molecule has 2 aliphatic rings. The number of nitrogens with zero attached hydrogens (tertiary/aromatic N) is 1. The summed E-state index contributed by atoms with van der Waals surface area (Å²) in [6, 6.07) is 0. The lowest BCUT2D eigenvalue weighted by Gasteiger charge is -2.32. The molecule has 0 aromatic carbocycles. The number of imide groups is 1. The van der Waals surface area contributed by atoms with E-state index in [1.165, 1.54) is 4.90 Å². The van der Waals surface area contributed by atoms with E-state index in [1.54, 1.807) is 0 Å². The van der Waals surface area contributed by atoms with E-state index in [0.29, 0.717) is 12.8 Å². The fraction of sp³-hybridized carbons (Fsp3) is 0.875. The molecule has 2 fully saturated rings. The van der Waals surface area contributed by atoms with Gasteiger partial charge in [-0.1, -0.05) is 39.5 Å². The maximum Gasteiger partial charge on any atom is 0.235 e. The highest BCUT2D eigenvalue weighted by Crippen LogP contribution is 2.40. The second kappa shape index (κ2) is 5.47. The first kappa shape index (κ1) is 15.5. The molecule has 0 radical (unpaired) electrons. The monoisotopic (exact) mass is 281 g/mol. The van der Waals surface area contributed by atoms with E-state index in [1.807, 2.05) is 20.8 Å². The summed E-state index contributed by atoms with van der Waals surface area (Å²) in [6.45, 7) is 6.02. The highest BCUT2D eigenvalue weighted by Gasteiger charge is 2.51. The van der Waals surface area contributed by atoms with Crippen LogP contribution in [-0.2, 0) is 9.59 Å². The van der Waals surface area contributed by atoms with Gasteiger partial charge in [0.2, 0.25) is 11.8 Å². The van der Waals surface area contributed by atoms with Crippen LogP contribution in [-0.4, -0.2) is 34.0 Å². The van der Waals surface area contributed by atoms with Crippen LogP contribution in [0.5, 0.6) is 0 Å². The highest BCUT2D eigenvalue weighted by atomic mass is 16.3. The van der Waals surface area contributed by atoms with Crippen molar-refractivity contribution in [3.8, 4) is 0 Å². The molecule has 0 aromatic rings. The van der Waals surface area contributed by atoms with Gasteiger partial charge in [0.05, 0.1) is 17.6 Å². The number of β-amino-alcohol motifs (C(OH)–C–C–N with tert-alkyl or cyclic N) is 1. The maximum absolute atomic E-state index is 12.6. The molecule has 1 N–H and O–H groups in total. The molecule has 2 amide bonds. The fourth-order valence-corrected chi connectivity index (χ4v) is 3.36.